The monoisotopic (exact) mass is 214 g/mol. The SMILES string of the molecule is CCCC1CCC(OOC(C)(C)C)CC1. The van der Waals surface area contributed by atoms with Gasteiger partial charge in [0.1, 0.15) is 0 Å². The molecule has 0 amide bonds. The van der Waals surface area contributed by atoms with Crippen LogP contribution in [0.4, 0.5) is 0 Å². The van der Waals surface area contributed by atoms with Gasteiger partial charge in [-0.2, -0.15) is 0 Å². The van der Waals surface area contributed by atoms with Crippen molar-refractivity contribution in [3.05, 3.63) is 0 Å². The normalized spacial score (nSPS) is 28.0. The van der Waals surface area contributed by atoms with Crippen molar-refractivity contribution in [2.45, 2.75) is 77.9 Å². The van der Waals surface area contributed by atoms with Crippen LogP contribution in [-0.4, -0.2) is 11.7 Å². The lowest BCUT2D eigenvalue weighted by Gasteiger charge is -2.29. The van der Waals surface area contributed by atoms with Gasteiger partial charge in [-0.15, -0.1) is 0 Å². The van der Waals surface area contributed by atoms with E-state index in [0.717, 1.165) is 5.92 Å². The van der Waals surface area contributed by atoms with Crippen LogP contribution in [-0.2, 0) is 9.78 Å². The molecule has 0 radical (unpaired) electrons. The minimum atomic E-state index is -0.180. The molecule has 1 saturated carbocycles. The van der Waals surface area contributed by atoms with Crippen LogP contribution in [0.25, 0.3) is 0 Å². The van der Waals surface area contributed by atoms with E-state index in [9.17, 15) is 0 Å². The van der Waals surface area contributed by atoms with Crippen LogP contribution in [0.1, 0.15) is 66.2 Å². The zero-order valence-corrected chi connectivity index (χ0v) is 10.7. The van der Waals surface area contributed by atoms with Gasteiger partial charge in [0.15, 0.2) is 0 Å². The minimum Gasteiger partial charge on any atom is -0.233 e. The van der Waals surface area contributed by atoms with Crippen LogP contribution < -0.4 is 0 Å². The third kappa shape index (κ3) is 5.53. The molecule has 0 aromatic heterocycles. The van der Waals surface area contributed by atoms with E-state index in [1.54, 1.807) is 0 Å². The Morgan fingerprint density at radius 1 is 1.07 bits per heavy atom. The molecule has 0 atom stereocenters. The van der Waals surface area contributed by atoms with E-state index in [2.05, 4.69) is 6.92 Å². The summed E-state index contributed by atoms with van der Waals surface area (Å²) in [7, 11) is 0. The van der Waals surface area contributed by atoms with Crippen molar-refractivity contribution in [1.29, 1.82) is 0 Å². The largest absolute Gasteiger partial charge is 0.233 e. The molecule has 0 N–H and O–H groups in total. The molecule has 15 heavy (non-hydrogen) atoms. The van der Waals surface area contributed by atoms with Gasteiger partial charge in [-0.3, -0.25) is 0 Å². The van der Waals surface area contributed by atoms with Gasteiger partial charge in [-0.25, -0.2) is 9.78 Å². The van der Waals surface area contributed by atoms with Crippen LogP contribution in [0.15, 0.2) is 0 Å². The van der Waals surface area contributed by atoms with Crippen LogP contribution >= 0.6 is 0 Å². The van der Waals surface area contributed by atoms with Crippen molar-refractivity contribution < 1.29 is 9.78 Å². The first-order valence-electron chi connectivity index (χ1n) is 6.35. The van der Waals surface area contributed by atoms with Gasteiger partial charge < -0.3 is 0 Å². The van der Waals surface area contributed by atoms with Gasteiger partial charge in [-0.05, 0) is 52.4 Å². The smallest absolute Gasteiger partial charge is 0.0952 e. The van der Waals surface area contributed by atoms with Crippen LogP contribution in [0.3, 0.4) is 0 Å². The summed E-state index contributed by atoms with van der Waals surface area (Å²) in [6, 6.07) is 0. The maximum atomic E-state index is 5.47. The second-order valence-electron chi connectivity index (χ2n) is 5.72. The highest BCUT2D eigenvalue weighted by Gasteiger charge is 2.23. The van der Waals surface area contributed by atoms with E-state index in [0.29, 0.717) is 6.10 Å². The highest BCUT2D eigenvalue weighted by molar-refractivity contribution is 4.72. The molecule has 0 saturated heterocycles. The molecule has 1 fully saturated rings. The minimum absolute atomic E-state index is 0.180. The Morgan fingerprint density at radius 2 is 1.67 bits per heavy atom. The molecule has 2 heteroatoms. The lowest BCUT2D eigenvalue weighted by Crippen LogP contribution is -2.27. The van der Waals surface area contributed by atoms with Gasteiger partial charge >= 0.3 is 0 Å². The lowest BCUT2D eigenvalue weighted by molar-refractivity contribution is -0.376. The summed E-state index contributed by atoms with van der Waals surface area (Å²) < 4.78 is 0. The molecule has 0 aromatic rings. The number of rotatable bonds is 4. The first-order valence-corrected chi connectivity index (χ1v) is 6.35. The molecule has 2 nitrogen and oxygen atoms in total. The fourth-order valence-electron chi connectivity index (χ4n) is 2.14. The highest BCUT2D eigenvalue weighted by atomic mass is 17.2. The number of hydrogen-bond acceptors (Lipinski definition) is 2. The molecule has 0 unspecified atom stereocenters. The average Bonchev–Trinajstić information content (AvgIpc) is 2.16. The van der Waals surface area contributed by atoms with E-state index >= 15 is 0 Å². The zero-order valence-electron chi connectivity index (χ0n) is 10.7. The molecular weight excluding hydrogens is 188 g/mol. The van der Waals surface area contributed by atoms with E-state index in [-0.39, 0.29) is 5.60 Å². The molecule has 1 rings (SSSR count). The summed E-state index contributed by atoms with van der Waals surface area (Å²) in [4.78, 5) is 10.8. The Morgan fingerprint density at radius 3 is 2.13 bits per heavy atom. The molecule has 0 heterocycles. The van der Waals surface area contributed by atoms with E-state index < -0.39 is 0 Å². The second-order valence-corrected chi connectivity index (χ2v) is 5.72. The first-order chi connectivity index (χ1) is 7.01. The van der Waals surface area contributed by atoms with Gasteiger partial charge in [0.2, 0.25) is 0 Å². The Bertz CT molecular complexity index is 164. The number of hydrogen-bond donors (Lipinski definition) is 0. The van der Waals surface area contributed by atoms with Crippen molar-refractivity contribution in [2.75, 3.05) is 0 Å². The zero-order chi connectivity index (χ0) is 11.3. The topological polar surface area (TPSA) is 18.5 Å². The molecule has 1 aliphatic carbocycles. The molecule has 90 valence electrons. The fraction of sp³-hybridized carbons (Fsp3) is 1.00. The Kier molecular flexibility index (Phi) is 5.07. The van der Waals surface area contributed by atoms with Crippen LogP contribution in [0.2, 0.25) is 0 Å². The Hall–Kier alpha value is -0.0800. The molecule has 0 bridgehead atoms. The summed E-state index contributed by atoms with van der Waals surface area (Å²) in [6.45, 7) is 8.34. The molecular formula is C13H26O2. The molecule has 0 aliphatic heterocycles. The summed E-state index contributed by atoms with van der Waals surface area (Å²) in [5, 5.41) is 0. The van der Waals surface area contributed by atoms with Gasteiger partial charge in [-0.1, -0.05) is 19.8 Å². The van der Waals surface area contributed by atoms with Crippen LogP contribution in [0, 0.1) is 5.92 Å². The quantitative estimate of drug-likeness (QED) is 0.518. The average molecular weight is 214 g/mol. The molecule has 0 aromatic carbocycles. The third-order valence-corrected chi connectivity index (χ3v) is 2.92. The summed E-state index contributed by atoms with van der Waals surface area (Å²) in [5.74, 6) is 0.935. The van der Waals surface area contributed by atoms with Crippen LogP contribution in [0.5, 0.6) is 0 Å². The molecule has 0 spiro atoms. The van der Waals surface area contributed by atoms with Crippen molar-refractivity contribution in [3.8, 4) is 0 Å². The Labute approximate surface area is 94.3 Å². The maximum absolute atomic E-state index is 5.47. The predicted molar refractivity (Wildman–Crippen MR) is 62.6 cm³/mol. The van der Waals surface area contributed by atoms with Crippen molar-refractivity contribution in [2.24, 2.45) is 5.92 Å². The predicted octanol–water partition coefficient (Wildman–Crippen LogP) is 4.09. The van der Waals surface area contributed by atoms with Crippen molar-refractivity contribution in [1.82, 2.24) is 0 Å². The van der Waals surface area contributed by atoms with Gasteiger partial charge in [0, 0.05) is 0 Å². The van der Waals surface area contributed by atoms with E-state index in [1.165, 1.54) is 38.5 Å². The third-order valence-electron chi connectivity index (χ3n) is 2.92. The standard InChI is InChI=1S/C13H26O2/c1-5-6-11-7-9-12(10-8-11)14-15-13(2,3)4/h11-12H,5-10H2,1-4H3. The van der Waals surface area contributed by atoms with Crippen molar-refractivity contribution >= 4 is 0 Å². The fourth-order valence-corrected chi connectivity index (χ4v) is 2.14. The second kappa shape index (κ2) is 5.86. The van der Waals surface area contributed by atoms with E-state index in [1.807, 2.05) is 20.8 Å². The van der Waals surface area contributed by atoms with Crippen molar-refractivity contribution in [3.63, 3.8) is 0 Å². The maximum Gasteiger partial charge on any atom is 0.0952 e. The molecule has 1 aliphatic rings. The summed E-state index contributed by atoms with van der Waals surface area (Å²) in [6.07, 6.45) is 7.98. The van der Waals surface area contributed by atoms with E-state index in [4.69, 9.17) is 9.78 Å². The Balaban J connectivity index is 2.15. The van der Waals surface area contributed by atoms with Gasteiger partial charge in [0.25, 0.3) is 0 Å². The lowest BCUT2D eigenvalue weighted by atomic mass is 9.85. The van der Waals surface area contributed by atoms with Gasteiger partial charge in [0.05, 0.1) is 11.7 Å². The first kappa shape index (κ1) is 13.0. The highest BCUT2D eigenvalue weighted by Crippen LogP contribution is 2.29. The summed E-state index contributed by atoms with van der Waals surface area (Å²) in [5.41, 5.74) is -0.180. The summed E-state index contributed by atoms with van der Waals surface area (Å²) >= 11 is 0.